The van der Waals surface area contributed by atoms with Crippen LogP contribution in [0.4, 0.5) is 27.9 Å². The van der Waals surface area contributed by atoms with Crippen LogP contribution < -0.4 is 15.4 Å². The highest BCUT2D eigenvalue weighted by atomic mass is 32.2. The van der Waals surface area contributed by atoms with Gasteiger partial charge in [0, 0.05) is 48.9 Å². The van der Waals surface area contributed by atoms with Crippen LogP contribution in [0, 0.1) is 12.7 Å². The number of aryl methyl sites for hydroxylation is 1. The van der Waals surface area contributed by atoms with Crippen molar-refractivity contribution in [1.82, 2.24) is 25.3 Å². The molecule has 1 fully saturated rings. The Kier molecular flexibility index (Phi) is 8.74. The zero-order valence-corrected chi connectivity index (χ0v) is 23.6. The molecule has 1 aliphatic rings. The number of ether oxygens (including phenoxy) is 1. The molecule has 5 rings (SSSR count). The van der Waals surface area contributed by atoms with E-state index in [-0.39, 0.29) is 41.1 Å². The summed E-state index contributed by atoms with van der Waals surface area (Å²) in [6.07, 6.45) is -2.63. The van der Waals surface area contributed by atoms with Crippen molar-refractivity contribution < 1.29 is 35.1 Å². The molecular weight excluding hydrogens is 595 g/mol. The van der Waals surface area contributed by atoms with Crippen LogP contribution in [0.25, 0.3) is 22.0 Å². The van der Waals surface area contributed by atoms with Gasteiger partial charge >= 0.3 is 6.18 Å². The molecule has 2 aromatic carbocycles. The number of hydrogen-bond donors (Lipinski definition) is 2. The lowest BCUT2D eigenvalue weighted by Crippen LogP contribution is -2.44. The van der Waals surface area contributed by atoms with Crippen molar-refractivity contribution in [3.63, 3.8) is 0 Å². The minimum atomic E-state index is -4.66. The average molecular weight is 623 g/mol. The smallest absolute Gasteiger partial charge is 0.390 e. The molecular formula is C28H27F5N6O3S. The Morgan fingerprint density at radius 2 is 1.88 bits per heavy atom. The molecule has 0 spiro atoms. The monoisotopic (exact) mass is 622 g/mol. The van der Waals surface area contributed by atoms with Gasteiger partial charge in [0.05, 0.1) is 29.2 Å². The first kappa shape index (κ1) is 30.5. The number of halogens is 5. The number of piperidine rings is 1. The first-order chi connectivity index (χ1) is 20.4. The van der Waals surface area contributed by atoms with Crippen molar-refractivity contribution in [2.75, 3.05) is 24.2 Å². The third-order valence-electron chi connectivity index (χ3n) is 6.90. The highest BCUT2D eigenvalue weighted by molar-refractivity contribution is 7.90. The fourth-order valence-electron chi connectivity index (χ4n) is 4.80. The van der Waals surface area contributed by atoms with Crippen LogP contribution in [0.3, 0.4) is 0 Å². The highest BCUT2D eigenvalue weighted by Crippen LogP contribution is 2.38. The van der Waals surface area contributed by atoms with Crippen molar-refractivity contribution in [2.45, 2.75) is 43.9 Å². The van der Waals surface area contributed by atoms with Crippen LogP contribution in [0.2, 0.25) is 0 Å². The van der Waals surface area contributed by atoms with Crippen molar-refractivity contribution in [2.24, 2.45) is 0 Å². The normalized spacial score (nSPS) is 17.6. The number of rotatable bonds is 9. The Bertz CT molecular complexity index is 1740. The summed E-state index contributed by atoms with van der Waals surface area (Å²) in [5.74, 6) is -2.35. The molecule has 1 saturated heterocycles. The topological polar surface area (TPSA) is 119 Å². The largest absolute Gasteiger partial charge is 0.437 e. The maximum absolute atomic E-state index is 14.9. The second-order valence-electron chi connectivity index (χ2n) is 10.2. The van der Waals surface area contributed by atoms with Gasteiger partial charge < -0.3 is 15.4 Å². The number of aromatic nitrogens is 4. The Balaban J connectivity index is 1.47. The van der Waals surface area contributed by atoms with Gasteiger partial charge in [0.15, 0.2) is 9.84 Å². The van der Waals surface area contributed by atoms with Gasteiger partial charge in [-0.2, -0.15) is 13.2 Å². The molecule has 0 amide bonds. The highest BCUT2D eigenvalue weighted by Gasteiger charge is 2.31. The van der Waals surface area contributed by atoms with Gasteiger partial charge in [-0.1, -0.05) is 12.1 Å². The third kappa shape index (κ3) is 7.51. The number of sulfone groups is 1. The lowest BCUT2D eigenvalue weighted by atomic mass is 10.0. The lowest BCUT2D eigenvalue weighted by molar-refractivity contribution is -0.129. The van der Waals surface area contributed by atoms with E-state index in [1.54, 1.807) is 19.1 Å². The molecule has 15 heteroatoms. The standard InChI is InChI=1S/C28H27F5N6O3S/c1-16-2-3-19-20(4-5-23(30)22(19)14-43(40,41)9-7-28(31,32)33)25(16)42-26-21(13-35-15-37-26)24-6-8-36-27(39-24)38-18-10-17(29)11-34-12-18/h2-6,8,13,15,17-18,34H,7,9-12,14H2,1H3,(H,36,38,39)/t17-,18-/m0/s1. The number of alkyl halides is 4. The molecule has 0 saturated carbocycles. The van der Waals surface area contributed by atoms with Crippen LogP contribution in [0.5, 0.6) is 11.6 Å². The van der Waals surface area contributed by atoms with Crippen LogP contribution in [0.15, 0.2) is 49.1 Å². The molecule has 1 aliphatic heterocycles. The average Bonchev–Trinajstić information content (AvgIpc) is 2.95. The first-order valence-electron chi connectivity index (χ1n) is 13.3. The fraction of sp³-hybridized carbons (Fsp3) is 0.357. The van der Waals surface area contributed by atoms with Gasteiger partial charge in [-0.15, -0.1) is 0 Å². The number of hydrogen-bond acceptors (Lipinski definition) is 9. The Morgan fingerprint density at radius 1 is 1.09 bits per heavy atom. The minimum Gasteiger partial charge on any atom is -0.437 e. The van der Waals surface area contributed by atoms with Gasteiger partial charge in [0.25, 0.3) is 0 Å². The number of nitrogens with one attached hydrogen (secondary N) is 2. The van der Waals surface area contributed by atoms with E-state index in [1.165, 1.54) is 30.9 Å². The SMILES string of the molecule is Cc1ccc2c(CS(=O)(=O)CCC(F)(F)F)c(F)ccc2c1Oc1ncncc1-c1ccnc(N[C@@H]2CNC[C@@H](F)C2)n1. The molecule has 2 atom stereocenters. The number of nitrogens with zero attached hydrogens (tertiary/aromatic N) is 4. The first-order valence-corrected chi connectivity index (χ1v) is 15.1. The molecule has 0 aliphatic carbocycles. The van der Waals surface area contributed by atoms with E-state index in [9.17, 15) is 30.4 Å². The summed E-state index contributed by atoms with van der Waals surface area (Å²) in [4.78, 5) is 17.1. The van der Waals surface area contributed by atoms with Crippen molar-refractivity contribution >= 4 is 26.6 Å². The van der Waals surface area contributed by atoms with E-state index in [0.717, 1.165) is 6.07 Å². The van der Waals surface area contributed by atoms with E-state index in [0.29, 0.717) is 35.2 Å². The van der Waals surface area contributed by atoms with Crippen molar-refractivity contribution in [1.29, 1.82) is 0 Å². The van der Waals surface area contributed by atoms with Crippen LogP contribution in [0.1, 0.15) is 24.0 Å². The molecule has 4 aromatic rings. The summed E-state index contributed by atoms with van der Waals surface area (Å²) in [6, 6.07) is 6.94. The molecule has 3 heterocycles. The molecule has 9 nitrogen and oxygen atoms in total. The molecule has 0 radical (unpaired) electrons. The minimum absolute atomic E-state index is 0.0853. The molecule has 2 aromatic heterocycles. The third-order valence-corrected chi connectivity index (χ3v) is 8.45. The van der Waals surface area contributed by atoms with E-state index in [2.05, 4.69) is 30.6 Å². The van der Waals surface area contributed by atoms with Gasteiger partial charge in [0.1, 0.15) is 24.1 Å². The predicted molar refractivity (Wildman–Crippen MR) is 150 cm³/mol. The second kappa shape index (κ2) is 12.3. The van der Waals surface area contributed by atoms with Crippen LogP contribution in [-0.2, 0) is 15.6 Å². The van der Waals surface area contributed by atoms with Crippen molar-refractivity contribution in [3.8, 4) is 22.9 Å². The van der Waals surface area contributed by atoms with E-state index >= 15 is 0 Å². The molecule has 43 heavy (non-hydrogen) atoms. The number of fused-ring (bicyclic) bond motifs is 1. The number of benzene rings is 2. The van der Waals surface area contributed by atoms with Gasteiger partial charge in [-0.3, -0.25) is 0 Å². The summed E-state index contributed by atoms with van der Waals surface area (Å²) in [5.41, 5.74) is 1.12. The second-order valence-corrected chi connectivity index (χ2v) is 12.4. The van der Waals surface area contributed by atoms with E-state index in [1.807, 2.05) is 0 Å². The van der Waals surface area contributed by atoms with E-state index in [4.69, 9.17) is 4.74 Å². The molecule has 0 bridgehead atoms. The van der Waals surface area contributed by atoms with Gasteiger partial charge in [-0.25, -0.2) is 37.1 Å². The Hall–Kier alpha value is -3.98. The summed E-state index contributed by atoms with van der Waals surface area (Å²) >= 11 is 0. The van der Waals surface area contributed by atoms with E-state index < -0.39 is 45.9 Å². The summed E-state index contributed by atoms with van der Waals surface area (Å²) < 4.78 is 97.9. The number of anilines is 1. The van der Waals surface area contributed by atoms with Crippen LogP contribution in [-0.4, -0.2) is 65.6 Å². The zero-order valence-electron chi connectivity index (χ0n) is 22.8. The summed E-state index contributed by atoms with van der Waals surface area (Å²) in [5, 5.41) is 6.63. The van der Waals surface area contributed by atoms with Crippen molar-refractivity contribution in [3.05, 3.63) is 66.0 Å². The molecule has 0 unspecified atom stereocenters. The summed E-state index contributed by atoms with van der Waals surface area (Å²) in [7, 11) is -4.29. The fourth-order valence-corrected chi connectivity index (χ4v) is 6.22. The quantitative estimate of drug-likeness (QED) is 0.240. The van der Waals surface area contributed by atoms with Gasteiger partial charge in [-0.05, 0) is 36.1 Å². The lowest BCUT2D eigenvalue weighted by Gasteiger charge is -2.26. The van der Waals surface area contributed by atoms with Gasteiger partial charge in [0.2, 0.25) is 11.8 Å². The Morgan fingerprint density at radius 3 is 2.65 bits per heavy atom. The van der Waals surface area contributed by atoms with Crippen LogP contribution >= 0.6 is 0 Å². The summed E-state index contributed by atoms with van der Waals surface area (Å²) in [6.45, 7) is 2.56. The molecule has 228 valence electrons. The Labute approximate surface area is 243 Å². The maximum atomic E-state index is 14.9. The predicted octanol–water partition coefficient (Wildman–Crippen LogP) is 5.31. The maximum Gasteiger partial charge on any atom is 0.390 e. The molecule has 2 N–H and O–H groups in total. The zero-order chi connectivity index (χ0) is 30.8.